The molecule has 148 valence electrons. The van der Waals surface area contributed by atoms with Gasteiger partial charge >= 0.3 is 11.9 Å². The lowest BCUT2D eigenvalue weighted by Gasteiger charge is -2.14. The highest BCUT2D eigenvalue weighted by molar-refractivity contribution is 7.91. The number of esters is 2. The quantitative estimate of drug-likeness (QED) is 0.267. The van der Waals surface area contributed by atoms with Gasteiger partial charge < -0.3 is 14.0 Å². The molecule has 0 aromatic carbocycles. The number of hydrogen-bond acceptors (Lipinski definition) is 7. The Hall–Kier alpha value is -0.640. The van der Waals surface area contributed by atoms with Gasteiger partial charge in [-0.3, -0.25) is 13.8 Å². The molecule has 0 amide bonds. The molecule has 0 aromatic rings. The molecule has 0 saturated carbocycles. The van der Waals surface area contributed by atoms with Gasteiger partial charge in [-0.2, -0.15) is 0 Å². The fourth-order valence-corrected chi connectivity index (χ4v) is 2.72. The molecule has 0 radical (unpaired) electrons. The third-order valence-corrected chi connectivity index (χ3v) is 5.38. The van der Waals surface area contributed by atoms with Crippen LogP contribution in [0.1, 0.15) is 66.2 Å². The van der Waals surface area contributed by atoms with Crippen LogP contribution in [0.3, 0.4) is 0 Å². The van der Waals surface area contributed by atoms with Gasteiger partial charge in [0.25, 0.3) is 5.44 Å². The average molecular weight is 399 g/mol. The van der Waals surface area contributed by atoms with Gasteiger partial charge in [0.2, 0.25) is 0 Å². The summed E-state index contributed by atoms with van der Waals surface area (Å²) in [5.41, 5.74) is -1.38. The predicted molar refractivity (Wildman–Crippen MR) is 97.2 cm³/mol. The molecule has 0 aliphatic heterocycles. The zero-order valence-electron chi connectivity index (χ0n) is 15.6. The van der Waals surface area contributed by atoms with E-state index in [1.807, 2.05) is 0 Å². The second-order valence-corrected chi connectivity index (χ2v) is 8.97. The largest absolute Gasteiger partial charge is 0.614 e. The highest BCUT2D eigenvalue weighted by Gasteiger charge is 2.18. The average Bonchev–Trinajstić information content (AvgIpc) is 2.49. The van der Waals surface area contributed by atoms with E-state index in [1.165, 1.54) is 13.2 Å². The molecule has 25 heavy (non-hydrogen) atoms. The molecule has 4 unspecified atom stereocenters. The maximum Gasteiger partial charge on any atom is 0.309 e. The van der Waals surface area contributed by atoms with E-state index >= 15 is 0 Å². The second-order valence-electron chi connectivity index (χ2n) is 5.93. The van der Waals surface area contributed by atoms with Crippen LogP contribution in [0.15, 0.2) is 0 Å². The fourth-order valence-electron chi connectivity index (χ4n) is 1.76. The number of carbonyl (C=O) groups excluding carboxylic acids is 2. The van der Waals surface area contributed by atoms with E-state index in [-0.39, 0.29) is 24.9 Å². The van der Waals surface area contributed by atoms with Crippen LogP contribution in [0, 0.1) is 0 Å². The standard InChI is InChI=1S/C16H30O7S2/c1-12(2)23-25(20)14(4)22-16(18)11-9-7-6-8-10-15(17)21-13(3)24(5)19/h12-14H,6-11H2,1-5H3. The van der Waals surface area contributed by atoms with Crippen molar-refractivity contribution in [3.63, 3.8) is 0 Å². The van der Waals surface area contributed by atoms with E-state index in [0.717, 1.165) is 12.8 Å². The van der Waals surface area contributed by atoms with Crippen molar-refractivity contribution < 1.29 is 32.0 Å². The summed E-state index contributed by atoms with van der Waals surface area (Å²) in [6, 6.07) is 0. The number of ether oxygens (including phenoxy) is 2. The molecule has 0 heterocycles. The molecule has 0 spiro atoms. The lowest BCUT2D eigenvalue weighted by atomic mass is 10.1. The van der Waals surface area contributed by atoms with Gasteiger partial charge in [0.15, 0.2) is 16.5 Å². The van der Waals surface area contributed by atoms with E-state index in [4.69, 9.17) is 13.7 Å². The van der Waals surface area contributed by atoms with Crippen molar-refractivity contribution in [2.75, 3.05) is 6.26 Å². The summed E-state index contributed by atoms with van der Waals surface area (Å²) in [4.78, 5) is 23.1. The van der Waals surface area contributed by atoms with E-state index in [1.54, 1.807) is 20.8 Å². The molecule has 0 saturated heterocycles. The van der Waals surface area contributed by atoms with Crippen LogP contribution in [0.4, 0.5) is 0 Å². The van der Waals surface area contributed by atoms with E-state index in [2.05, 4.69) is 0 Å². The summed E-state index contributed by atoms with van der Waals surface area (Å²) < 4.78 is 37.8. The number of carbonyl (C=O) groups is 2. The van der Waals surface area contributed by atoms with Crippen LogP contribution in [0.25, 0.3) is 0 Å². The van der Waals surface area contributed by atoms with E-state index in [0.29, 0.717) is 12.8 Å². The zero-order chi connectivity index (χ0) is 19.4. The number of rotatable bonds is 13. The Balaban J connectivity index is 3.73. The molecule has 0 bridgehead atoms. The Kier molecular flexibility index (Phi) is 13.2. The first kappa shape index (κ1) is 24.4. The van der Waals surface area contributed by atoms with Crippen molar-refractivity contribution in [1.29, 1.82) is 0 Å². The van der Waals surface area contributed by atoms with Crippen LogP contribution in [-0.2, 0) is 45.5 Å². The van der Waals surface area contributed by atoms with Crippen molar-refractivity contribution in [3.8, 4) is 0 Å². The van der Waals surface area contributed by atoms with Crippen LogP contribution in [0.2, 0.25) is 0 Å². The number of hydrogen-bond donors (Lipinski definition) is 0. The van der Waals surface area contributed by atoms with E-state index in [9.17, 15) is 18.4 Å². The minimum absolute atomic E-state index is 0.200. The van der Waals surface area contributed by atoms with Gasteiger partial charge in [-0.1, -0.05) is 12.8 Å². The summed E-state index contributed by atoms with van der Waals surface area (Å²) in [7, 11) is 0. The maximum atomic E-state index is 11.7. The van der Waals surface area contributed by atoms with Crippen LogP contribution >= 0.6 is 0 Å². The highest BCUT2D eigenvalue weighted by atomic mass is 32.2. The van der Waals surface area contributed by atoms with Gasteiger partial charge in [-0.25, -0.2) is 4.21 Å². The molecule has 0 aliphatic carbocycles. The fraction of sp³-hybridized carbons (Fsp3) is 0.875. The first-order chi connectivity index (χ1) is 11.6. The summed E-state index contributed by atoms with van der Waals surface area (Å²) in [6.07, 6.45) is 4.64. The molecule has 4 atom stereocenters. The molecule has 0 rings (SSSR count). The minimum Gasteiger partial charge on any atom is -0.614 e. The Morgan fingerprint density at radius 3 is 1.88 bits per heavy atom. The molecule has 0 fully saturated rings. The Morgan fingerprint density at radius 2 is 1.44 bits per heavy atom. The van der Waals surface area contributed by atoms with Gasteiger partial charge in [-0.05, 0) is 44.8 Å². The molecule has 9 heteroatoms. The normalized spacial score (nSPS) is 16.1. The third-order valence-electron chi connectivity index (χ3n) is 3.13. The zero-order valence-corrected chi connectivity index (χ0v) is 17.3. The van der Waals surface area contributed by atoms with Crippen molar-refractivity contribution in [1.82, 2.24) is 0 Å². The predicted octanol–water partition coefficient (Wildman–Crippen LogP) is 2.57. The summed E-state index contributed by atoms with van der Waals surface area (Å²) in [5.74, 6) is -0.768. The lowest BCUT2D eigenvalue weighted by Crippen LogP contribution is -2.23. The van der Waals surface area contributed by atoms with Gasteiger partial charge in [-0.15, -0.1) is 0 Å². The summed E-state index contributed by atoms with van der Waals surface area (Å²) >= 11 is -2.84. The first-order valence-corrected chi connectivity index (χ1v) is 11.2. The third kappa shape index (κ3) is 13.3. The van der Waals surface area contributed by atoms with E-state index < -0.39 is 39.1 Å². The summed E-state index contributed by atoms with van der Waals surface area (Å²) in [5, 5.41) is 0. The first-order valence-electron chi connectivity index (χ1n) is 8.42. The van der Waals surface area contributed by atoms with Crippen molar-refractivity contribution >= 4 is 34.2 Å². The molecular formula is C16H30O7S2. The molecule has 0 aromatic heterocycles. The van der Waals surface area contributed by atoms with Gasteiger partial charge in [0, 0.05) is 19.8 Å². The lowest BCUT2D eigenvalue weighted by molar-refractivity contribution is -0.146. The Labute approximate surface area is 156 Å². The topological polar surface area (TPSA) is 102 Å². The molecule has 7 nitrogen and oxygen atoms in total. The molecule has 0 aliphatic rings. The molecular weight excluding hydrogens is 368 g/mol. The van der Waals surface area contributed by atoms with Gasteiger partial charge in [0.05, 0.1) is 12.4 Å². The monoisotopic (exact) mass is 398 g/mol. The van der Waals surface area contributed by atoms with Gasteiger partial charge in [0.1, 0.15) is 0 Å². The SMILES string of the molecule is CC(C)OS(=O)C(C)OC(=O)CCCCCCC(=O)OC(C)[S+](C)[O-]. The Bertz CT molecular complexity index is 427. The van der Waals surface area contributed by atoms with Crippen molar-refractivity contribution in [2.24, 2.45) is 0 Å². The summed E-state index contributed by atoms with van der Waals surface area (Å²) in [6.45, 7) is 6.64. The minimum atomic E-state index is -1.66. The molecule has 0 N–H and O–H groups in total. The highest BCUT2D eigenvalue weighted by Crippen LogP contribution is 2.11. The number of unbranched alkanes of at least 4 members (excludes halogenated alkanes) is 3. The van der Waals surface area contributed by atoms with Crippen LogP contribution < -0.4 is 0 Å². The van der Waals surface area contributed by atoms with Crippen molar-refractivity contribution in [3.05, 3.63) is 0 Å². The maximum absolute atomic E-state index is 11.7. The second kappa shape index (κ2) is 13.5. The van der Waals surface area contributed by atoms with Crippen LogP contribution in [0.5, 0.6) is 0 Å². The smallest absolute Gasteiger partial charge is 0.309 e. The van der Waals surface area contributed by atoms with Crippen molar-refractivity contribution in [2.45, 2.75) is 83.2 Å². The van der Waals surface area contributed by atoms with Crippen LogP contribution in [-0.4, -0.2) is 43.9 Å². The Morgan fingerprint density at radius 1 is 0.960 bits per heavy atom.